The fourth-order valence-electron chi connectivity index (χ4n) is 3.21. The van der Waals surface area contributed by atoms with Gasteiger partial charge in [-0.2, -0.15) is 13.2 Å². The van der Waals surface area contributed by atoms with Crippen molar-refractivity contribution >= 4 is 23.2 Å². The van der Waals surface area contributed by atoms with Crippen LogP contribution in [-0.2, 0) is 12.6 Å². The second kappa shape index (κ2) is 9.25. The lowest BCUT2D eigenvalue weighted by atomic mass is 9.99. The van der Waals surface area contributed by atoms with Crippen molar-refractivity contribution in [3.05, 3.63) is 83.4 Å². The van der Waals surface area contributed by atoms with Crippen LogP contribution in [0.4, 0.5) is 13.2 Å². The molecule has 0 radical (unpaired) electrons. The van der Waals surface area contributed by atoms with E-state index >= 15 is 0 Å². The third kappa shape index (κ3) is 5.47. The summed E-state index contributed by atoms with van der Waals surface area (Å²) in [6, 6.07) is 20.3. The molecule has 5 heteroatoms. The zero-order valence-electron chi connectivity index (χ0n) is 15.1. The number of nitrogens with one attached hydrogen (secondary N) is 1. The molecule has 144 valence electrons. The molecule has 3 aromatic carbocycles. The fraction of sp³-hybridized carbons (Fsp3) is 0.273. The zero-order chi connectivity index (χ0) is 18.6. The lowest BCUT2D eigenvalue weighted by molar-refractivity contribution is -0.137. The number of halogens is 4. The Bertz CT molecular complexity index is 854. The van der Waals surface area contributed by atoms with E-state index in [1.54, 1.807) is 12.1 Å². The largest absolute Gasteiger partial charge is 0.416 e. The predicted molar refractivity (Wildman–Crippen MR) is 107 cm³/mol. The highest BCUT2D eigenvalue weighted by Crippen LogP contribution is 2.29. The Kier molecular flexibility index (Phi) is 7.28. The van der Waals surface area contributed by atoms with Gasteiger partial charge in [-0.15, -0.1) is 12.4 Å². The maximum absolute atomic E-state index is 12.6. The summed E-state index contributed by atoms with van der Waals surface area (Å²) in [4.78, 5) is 0. The Morgan fingerprint density at radius 3 is 2.26 bits per heavy atom. The van der Waals surface area contributed by atoms with Crippen LogP contribution in [0.2, 0.25) is 0 Å². The number of hydrogen-bond acceptors (Lipinski definition) is 1. The molecule has 1 atom stereocenters. The van der Waals surface area contributed by atoms with Crippen molar-refractivity contribution in [1.82, 2.24) is 5.32 Å². The molecule has 0 saturated carbocycles. The Balaban J connectivity index is 0.00000261. The van der Waals surface area contributed by atoms with E-state index in [0.29, 0.717) is 0 Å². The number of hydrogen-bond donors (Lipinski definition) is 1. The molecule has 0 unspecified atom stereocenters. The molecule has 0 aliphatic carbocycles. The van der Waals surface area contributed by atoms with E-state index in [-0.39, 0.29) is 18.4 Å². The van der Waals surface area contributed by atoms with E-state index in [4.69, 9.17) is 0 Å². The molecule has 0 amide bonds. The van der Waals surface area contributed by atoms with Crippen LogP contribution in [0.25, 0.3) is 10.8 Å². The van der Waals surface area contributed by atoms with Crippen LogP contribution < -0.4 is 5.32 Å². The van der Waals surface area contributed by atoms with Gasteiger partial charge in [-0.25, -0.2) is 0 Å². The van der Waals surface area contributed by atoms with Crippen LogP contribution in [0.15, 0.2) is 66.7 Å². The van der Waals surface area contributed by atoms with Crippen LogP contribution >= 0.6 is 12.4 Å². The van der Waals surface area contributed by atoms with Crippen molar-refractivity contribution in [2.45, 2.75) is 32.0 Å². The van der Waals surface area contributed by atoms with Crippen molar-refractivity contribution in [1.29, 1.82) is 0 Å². The first-order valence-corrected chi connectivity index (χ1v) is 8.82. The van der Waals surface area contributed by atoms with Gasteiger partial charge in [0.15, 0.2) is 0 Å². The number of aryl methyl sites for hydroxylation is 1. The van der Waals surface area contributed by atoms with Crippen molar-refractivity contribution in [2.24, 2.45) is 0 Å². The van der Waals surface area contributed by atoms with Gasteiger partial charge in [0.1, 0.15) is 0 Å². The molecule has 1 nitrogen and oxygen atoms in total. The van der Waals surface area contributed by atoms with Crippen molar-refractivity contribution < 1.29 is 13.2 Å². The monoisotopic (exact) mass is 393 g/mol. The van der Waals surface area contributed by atoms with Crippen LogP contribution in [0.1, 0.15) is 36.1 Å². The first kappa shape index (κ1) is 21.3. The summed E-state index contributed by atoms with van der Waals surface area (Å²) in [6.45, 7) is 2.95. The molecule has 0 spiro atoms. The minimum absolute atomic E-state index is 0. The summed E-state index contributed by atoms with van der Waals surface area (Å²) in [5.41, 5.74) is 1.60. The van der Waals surface area contributed by atoms with E-state index in [0.717, 1.165) is 37.1 Å². The molecule has 3 rings (SSSR count). The molecule has 0 aliphatic rings. The van der Waals surface area contributed by atoms with Crippen molar-refractivity contribution in [3.8, 4) is 0 Å². The van der Waals surface area contributed by atoms with E-state index in [1.165, 1.54) is 16.3 Å². The highest BCUT2D eigenvalue weighted by Gasteiger charge is 2.29. The molecule has 0 aliphatic heterocycles. The summed E-state index contributed by atoms with van der Waals surface area (Å²) >= 11 is 0. The first-order valence-electron chi connectivity index (χ1n) is 8.82. The summed E-state index contributed by atoms with van der Waals surface area (Å²) < 4.78 is 37.7. The Morgan fingerprint density at radius 2 is 1.56 bits per heavy atom. The lowest BCUT2D eigenvalue weighted by Gasteiger charge is -2.16. The zero-order valence-corrected chi connectivity index (χ0v) is 15.9. The highest BCUT2D eigenvalue weighted by molar-refractivity contribution is 5.86. The topological polar surface area (TPSA) is 12.0 Å². The van der Waals surface area contributed by atoms with Gasteiger partial charge in [-0.05, 0) is 60.3 Å². The molecular formula is C22H23ClF3N. The van der Waals surface area contributed by atoms with Crippen LogP contribution in [0.3, 0.4) is 0 Å². The molecule has 0 aromatic heterocycles. The first-order chi connectivity index (χ1) is 12.4. The van der Waals surface area contributed by atoms with Gasteiger partial charge in [-0.1, -0.05) is 54.6 Å². The molecule has 0 saturated heterocycles. The maximum Gasteiger partial charge on any atom is 0.416 e. The molecule has 27 heavy (non-hydrogen) atoms. The normalized spacial score (nSPS) is 12.6. The van der Waals surface area contributed by atoms with Crippen LogP contribution in [-0.4, -0.2) is 6.54 Å². The minimum atomic E-state index is -4.27. The predicted octanol–water partition coefficient (Wildman–Crippen LogP) is 6.56. The van der Waals surface area contributed by atoms with Crippen molar-refractivity contribution in [2.75, 3.05) is 6.54 Å². The quantitative estimate of drug-likeness (QED) is 0.467. The average Bonchev–Trinajstić information content (AvgIpc) is 2.64. The minimum Gasteiger partial charge on any atom is -0.310 e. The van der Waals surface area contributed by atoms with E-state index in [9.17, 15) is 13.2 Å². The molecule has 0 bridgehead atoms. The summed E-state index contributed by atoms with van der Waals surface area (Å²) in [5, 5.41) is 5.99. The van der Waals surface area contributed by atoms with Crippen LogP contribution in [0.5, 0.6) is 0 Å². The Morgan fingerprint density at radius 1 is 0.889 bits per heavy atom. The second-order valence-corrected chi connectivity index (χ2v) is 6.54. The number of rotatable bonds is 6. The van der Waals surface area contributed by atoms with Gasteiger partial charge in [0.05, 0.1) is 5.56 Å². The smallest absolute Gasteiger partial charge is 0.310 e. The van der Waals surface area contributed by atoms with Gasteiger partial charge < -0.3 is 5.32 Å². The van der Waals surface area contributed by atoms with Gasteiger partial charge >= 0.3 is 6.18 Å². The molecule has 3 aromatic rings. The lowest BCUT2D eigenvalue weighted by Crippen LogP contribution is -2.20. The summed E-state index contributed by atoms with van der Waals surface area (Å²) in [7, 11) is 0. The third-order valence-electron chi connectivity index (χ3n) is 4.66. The van der Waals surface area contributed by atoms with E-state index in [1.807, 2.05) is 12.1 Å². The van der Waals surface area contributed by atoms with E-state index < -0.39 is 11.7 Å². The van der Waals surface area contributed by atoms with Gasteiger partial charge in [0.2, 0.25) is 0 Å². The molecular weight excluding hydrogens is 371 g/mol. The molecule has 0 heterocycles. The van der Waals surface area contributed by atoms with Crippen LogP contribution in [0, 0.1) is 0 Å². The van der Waals surface area contributed by atoms with E-state index in [2.05, 4.69) is 42.6 Å². The number of benzene rings is 3. The molecule has 1 N–H and O–H groups in total. The highest BCUT2D eigenvalue weighted by atomic mass is 35.5. The Labute approximate surface area is 164 Å². The second-order valence-electron chi connectivity index (χ2n) is 6.54. The van der Waals surface area contributed by atoms with Gasteiger partial charge in [0.25, 0.3) is 0 Å². The van der Waals surface area contributed by atoms with Gasteiger partial charge in [0, 0.05) is 6.04 Å². The Hall–Kier alpha value is -2.04. The number of fused-ring (bicyclic) bond motifs is 1. The fourth-order valence-corrected chi connectivity index (χ4v) is 3.21. The standard InChI is InChI=1S/C22H22F3N.ClH/c1-16(20-10-4-8-18-7-2-3-9-21(18)20)26-15-5-6-17-11-13-19(14-12-17)22(23,24)25;/h2-4,7-14,16,26H,5-6,15H2,1H3;1H/t16-;/m1./s1. The summed E-state index contributed by atoms with van der Waals surface area (Å²) in [5.74, 6) is 0. The third-order valence-corrected chi connectivity index (χ3v) is 4.66. The SMILES string of the molecule is C[C@@H](NCCCc1ccc(C(F)(F)F)cc1)c1cccc2ccccc12.Cl. The van der Waals surface area contributed by atoms with Gasteiger partial charge in [-0.3, -0.25) is 0 Å². The molecule has 0 fully saturated rings. The maximum atomic E-state index is 12.6. The van der Waals surface area contributed by atoms with Crippen molar-refractivity contribution in [3.63, 3.8) is 0 Å². The average molecular weight is 394 g/mol. The summed E-state index contributed by atoms with van der Waals surface area (Å²) in [6.07, 6.45) is -2.64. The number of alkyl halides is 3.